The average Bonchev–Trinajstić information content (AvgIpc) is 2.51. The van der Waals surface area contributed by atoms with Crippen molar-refractivity contribution >= 4 is 32.0 Å². The van der Waals surface area contributed by atoms with Crippen LogP contribution in [0.3, 0.4) is 0 Å². The molecular formula is C11H12BrNO3S. The normalized spacial score (nSPS) is 27.6. The molecule has 1 saturated heterocycles. The molecule has 1 aromatic carbocycles. The minimum atomic E-state index is -3.13. The monoisotopic (exact) mass is 317 g/mol. The molecule has 0 aliphatic carbocycles. The second kappa shape index (κ2) is 4.88. The van der Waals surface area contributed by atoms with E-state index in [9.17, 15) is 13.5 Å². The Bertz CT molecular complexity index is 524. The van der Waals surface area contributed by atoms with Crippen LogP contribution in [0.4, 0.5) is 0 Å². The number of hydrogen-bond acceptors (Lipinski definition) is 4. The summed E-state index contributed by atoms with van der Waals surface area (Å²) in [7, 11) is -3.13. The molecular weight excluding hydrogens is 306 g/mol. The molecule has 1 N–H and O–H groups in total. The van der Waals surface area contributed by atoms with E-state index in [1.807, 2.05) is 24.3 Å². The molecule has 1 aliphatic rings. The highest BCUT2D eigenvalue weighted by Crippen LogP contribution is 2.16. The molecule has 0 amide bonds. The molecule has 6 heteroatoms. The van der Waals surface area contributed by atoms with E-state index in [1.54, 1.807) is 6.21 Å². The first kappa shape index (κ1) is 12.7. The van der Waals surface area contributed by atoms with Crippen LogP contribution in [0.1, 0.15) is 5.56 Å². The minimum Gasteiger partial charge on any atom is -0.390 e. The van der Waals surface area contributed by atoms with Gasteiger partial charge in [0.1, 0.15) is 0 Å². The molecule has 2 rings (SSSR count). The molecule has 4 nitrogen and oxygen atoms in total. The van der Waals surface area contributed by atoms with Crippen molar-refractivity contribution in [3.8, 4) is 0 Å². The number of nitrogens with zero attached hydrogens (tertiary/aromatic N) is 1. The topological polar surface area (TPSA) is 66.7 Å². The lowest BCUT2D eigenvalue weighted by atomic mass is 10.2. The lowest BCUT2D eigenvalue weighted by molar-refractivity contribution is 0.184. The molecule has 1 aromatic rings. The maximum atomic E-state index is 11.3. The number of benzene rings is 1. The molecule has 0 saturated carbocycles. The van der Waals surface area contributed by atoms with Crippen molar-refractivity contribution in [2.24, 2.45) is 4.99 Å². The smallest absolute Gasteiger partial charge is 0.155 e. The summed E-state index contributed by atoms with van der Waals surface area (Å²) in [6.45, 7) is 0. The van der Waals surface area contributed by atoms with E-state index in [1.165, 1.54) is 0 Å². The third-order valence-electron chi connectivity index (χ3n) is 2.58. The van der Waals surface area contributed by atoms with Crippen LogP contribution in [-0.2, 0) is 9.84 Å². The number of rotatable bonds is 2. The highest BCUT2D eigenvalue weighted by atomic mass is 79.9. The Hall–Kier alpha value is -0.720. The Morgan fingerprint density at radius 1 is 1.29 bits per heavy atom. The van der Waals surface area contributed by atoms with Gasteiger partial charge in [0.25, 0.3) is 0 Å². The van der Waals surface area contributed by atoms with E-state index < -0.39 is 22.0 Å². The van der Waals surface area contributed by atoms with Crippen molar-refractivity contribution in [1.29, 1.82) is 0 Å². The maximum Gasteiger partial charge on any atom is 0.155 e. The molecule has 0 radical (unpaired) electrons. The first-order chi connectivity index (χ1) is 7.96. The first-order valence-electron chi connectivity index (χ1n) is 5.13. The van der Waals surface area contributed by atoms with Gasteiger partial charge in [0.2, 0.25) is 0 Å². The lowest BCUT2D eigenvalue weighted by Gasteiger charge is -2.05. The zero-order valence-electron chi connectivity index (χ0n) is 8.95. The molecule has 1 fully saturated rings. The van der Waals surface area contributed by atoms with Gasteiger partial charge in [-0.25, -0.2) is 8.42 Å². The van der Waals surface area contributed by atoms with E-state index in [2.05, 4.69) is 20.9 Å². The standard InChI is InChI=1S/C11H12BrNO3S/c12-9-3-1-8(2-4-9)5-13-10-6-17(15,16)7-11(10)14/h1-5,10-11,14H,6-7H2/t10-,11+/m1/s1. The van der Waals surface area contributed by atoms with Crippen molar-refractivity contribution in [2.75, 3.05) is 11.5 Å². The first-order valence-corrected chi connectivity index (χ1v) is 7.75. The van der Waals surface area contributed by atoms with E-state index in [-0.39, 0.29) is 11.5 Å². The Kier molecular flexibility index (Phi) is 3.65. The van der Waals surface area contributed by atoms with Gasteiger partial charge in [-0.1, -0.05) is 28.1 Å². The summed E-state index contributed by atoms with van der Waals surface area (Å²) in [5.74, 6) is -0.253. The van der Waals surface area contributed by atoms with Gasteiger partial charge in [0, 0.05) is 10.7 Å². The molecule has 0 aromatic heterocycles. The zero-order chi connectivity index (χ0) is 12.5. The van der Waals surface area contributed by atoms with Gasteiger partial charge in [-0.3, -0.25) is 4.99 Å². The van der Waals surface area contributed by atoms with Crippen LogP contribution in [0, 0.1) is 0 Å². The Labute approximate surface area is 108 Å². The molecule has 0 spiro atoms. The van der Waals surface area contributed by atoms with Gasteiger partial charge in [0.05, 0.1) is 23.7 Å². The number of hydrogen-bond donors (Lipinski definition) is 1. The summed E-state index contributed by atoms with van der Waals surface area (Å²) < 4.78 is 23.5. The fraction of sp³-hybridized carbons (Fsp3) is 0.364. The molecule has 1 heterocycles. The fourth-order valence-electron chi connectivity index (χ4n) is 1.68. The summed E-state index contributed by atoms with van der Waals surface area (Å²) in [5.41, 5.74) is 0.879. The van der Waals surface area contributed by atoms with Crippen molar-refractivity contribution < 1.29 is 13.5 Å². The predicted octanol–water partition coefficient (Wildman–Crippen LogP) is 1.03. The van der Waals surface area contributed by atoms with Crippen molar-refractivity contribution in [3.63, 3.8) is 0 Å². The second-order valence-corrected chi connectivity index (χ2v) is 7.11. The van der Waals surface area contributed by atoms with Crippen molar-refractivity contribution in [2.45, 2.75) is 12.1 Å². The third-order valence-corrected chi connectivity index (χ3v) is 4.81. The molecule has 1 aliphatic heterocycles. The molecule has 92 valence electrons. The summed E-state index contributed by atoms with van der Waals surface area (Å²) in [6, 6.07) is 6.95. The van der Waals surface area contributed by atoms with Gasteiger partial charge in [-0.15, -0.1) is 0 Å². The van der Waals surface area contributed by atoms with Crippen LogP contribution in [0.5, 0.6) is 0 Å². The van der Waals surface area contributed by atoms with Crippen molar-refractivity contribution in [1.82, 2.24) is 0 Å². The third kappa shape index (κ3) is 3.37. The quantitative estimate of drug-likeness (QED) is 0.828. The number of sulfone groups is 1. The van der Waals surface area contributed by atoms with Crippen LogP contribution in [0.2, 0.25) is 0 Å². The minimum absolute atomic E-state index is 0.0683. The number of aliphatic hydroxyl groups excluding tert-OH is 1. The average molecular weight is 318 g/mol. The van der Waals surface area contributed by atoms with E-state index in [0.717, 1.165) is 10.0 Å². The van der Waals surface area contributed by atoms with Crippen LogP contribution >= 0.6 is 15.9 Å². The zero-order valence-corrected chi connectivity index (χ0v) is 11.4. The Morgan fingerprint density at radius 3 is 2.47 bits per heavy atom. The fourth-order valence-corrected chi connectivity index (χ4v) is 3.66. The van der Waals surface area contributed by atoms with Gasteiger partial charge in [-0.05, 0) is 17.7 Å². The van der Waals surface area contributed by atoms with Crippen LogP contribution in [-0.4, -0.2) is 43.4 Å². The van der Waals surface area contributed by atoms with E-state index >= 15 is 0 Å². The van der Waals surface area contributed by atoms with Crippen LogP contribution in [0.25, 0.3) is 0 Å². The van der Waals surface area contributed by atoms with Gasteiger partial charge in [-0.2, -0.15) is 0 Å². The van der Waals surface area contributed by atoms with Gasteiger partial charge in [0.15, 0.2) is 9.84 Å². The van der Waals surface area contributed by atoms with Gasteiger partial charge < -0.3 is 5.11 Å². The summed E-state index contributed by atoms with van der Waals surface area (Å²) in [4.78, 5) is 4.13. The Balaban J connectivity index is 2.09. The largest absolute Gasteiger partial charge is 0.390 e. The molecule has 0 bridgehead atoms. The highest BCUT2D eigenvalue weighted by Gasteiger charge is 2.35. The number of aliphatic imine (C=N–C) groups is 1. The second-order valence-electron chi connectivity index (χ2n) is 4.04. The van der Waals surface area contributed by atoms with E-state index in [4.69, 9.17) is 0 Å². The number of halogens is 1. The van der Waals surface area contributed by atoms with Crippen LogP contribution < -0.4 is 0 Å². The molecule has 17 heavy (non-hydrogen) atoms. The lowest BCUT2D eigenvalue weighted by Crippen LogP contribution is -2.21. The summed E-state index contributed by atoms with van der Waals surface area (Å²) >= 11 is 3.32. The Morgan fingerprint density at radius 2 is 1.94 bits per heavy atom. The van der Waals surface area contributed by atoms with Crippen LogP contribution in [0.15, 0.2) is 33.7 Å². The molecule has 0 unspecified atom stereocenters. The van der Waals surface area contributed by atoms with Crippen molar-refractivity contribution in [3.05, 3.63) is 34.3 Å². The highest BCUT2D eigenvalue weighted by molar-refractivity contribution is 9.10. The summed E-state index contributed by atoms with van der Waals surface area (Å²) in [5, 5.41) is 9.55. The van der Waals surface area contributed by atoms with E-state index in [0.29, 0.717) is 0 Å². The maximum absolute atomic E-state index is 11.3. The van der Waals surface area contributed by atoms with Gasteiger partial charge >= 0.3 is 0 Å². The summed E-state index contributed by atoms with van der Waals surface area (Å²) in [6.07, 6.45) is 0.716. The number of aliphatic hydroxyl groups is 1. The molecule has 2 atom stereocenters. The SMILES string of the molecule is O=S1(=O)C[C@H](O)[C@H](N=Cc2ccc(Br)cc2)C1. The predicted molar refractivity (Wildman–Crippen MR) is 70.2 cm³/mol.